The van der Waals surface area contributed by atoms with Crippen LogP contribution in [0.15, 0.2) is 48.5 Å². The van der Waals surface area contributed by atoms with Crippen LogP contribution in [0.5, 0.6) is 11.5 Å². The molecule has 0 saturated carbocycles. The van der Waals surface area contributed by atoms with E-state index in [1.165, 1.54) is 0 Å². The molecule has 0 unspecified atom stereocenters. The maximum Gasteiger partial charge on any atom is 0.389 e. The summed E-state index contributed by atoms with van der Waals surface area (Å²) in [4.78, 5) is 0. The number of hydrogen-bond acceptors (Lipinski definition) is 6. The number of rotatable bonds is 24. The van der Waals surface area contributed by atoms with Gasteiger partial charge in [-0.25, -0.2) is 0 Å². The van der Waals surface area contributed by atoms with Gasteiger partial charge >= 0.3 is 32.6 Å². The van der Waals surface area contributed by atoms with E-state index in [2.05, 4.69) is 0 Å². The van der Waals surface area contributed by atoms with Gasteiger partial charge in [-0.05, 0) is 67.5 Å². The van der Waals surface area contributed by atoms with Crippen molar-refractivity contribution in [3.05, 3.63) is 59.7 Å². The maximum atomic E-state index is 12.3. The van der Waals surface area contributed by atoms with Crippen molar-refractivity contribution in [1.29, 1.82) is 0 Å². The van der Waals surface area contributed by atoms with Crippen LogP contribution in [-0.2, 0) is 26.7 Å². The van der Waals surface area contributed by atoms with Crippen molar-refractivity contribution in [3.8, 4) is 11.5 Å². The molecule has 0 aromatic heterocycles. The lowest BCUT2D eigenvalue weighted by Gasteiger charge is -2.09. The van der Waals surface area contributed by atoms with Crippen LogP contribution in [0.2, 0.25) is 0 Å². The van der Waals surface area contributed by atoms with Gasteiger partial charge in [0.2, 0.25) is 0 Å². The molecule has 0 fully saturated rings. The predicted molar refractivity (Wildman–Crippen MR) is 171 cm³/mol. The molecule has 0 aliphatic heterocycles. The van der Waals surface area contributed by atoms with E-state index < -0.39 is 45.4 Å². The van der Waals surface area contributed by atoms with Gasteiger partial charge in [-0.3, -0.25) is 0 Å². The van der Waals surface area contributed by atoms with Crippen molar-refractivity contribution in [2.24, 2.45) is 0 Å². The fourth-order valence-electron chi connectivity index (χ4n) is 4.91. The highest BCUT2D eigenvalue weighted by Crippen LogP contribution is 2.25. The van der Waals surface area contributed by atoms with Crippen LogP contribution in [0, 0.1) is 0 Å². The Morgan fingerprint density at radius 2 is 0.702 bits per heavy atom. The minimum atomic E-state index is -4.12. The molecule has 2 aromatic rings. The van der Waals surface area contributed by atoms with Crippen molar-refractivity contribution in [1.82, 2.24) is 0 Å². The molecular weight excluding hydrogens is 670 g/mol. The third-order valence-corrected chi connectivity index (χ3v) is 9.88. The summed E-state index contributed by atoms with van der Waals surface area (Å²) < 4.78 is 133. The summed E-state index contributed by atoms with van der Waals surface area (Å²) >= 11 is 0. The molecule has 268 valence electrons. The van der Waals surface area contributed by atoms with E-state index in [-0.39, 0.29) is 35.8 Å². The zero-order valence-electron chi connectivity index (χ0n) is 26.6. The largest absolute Gasteiger partial charge is 0.389 e. The zero-order valence-corrected chi connectivity index (χ0v) is 28.2. The number of halogens is 6. The first kappa shape index (κ1) is 40.7. The summed E-state index contributed by atoms with van der Waals surface area (Å²) in [5.41, 5.74) is 1.76. The lowest BCUT2D eigenvalue weighted by atomic mass is 10.1. The average Bonchev–Trinajstić information content (AvgIpc) is 2.96. The summed E-state index contributed by atoms with van der Waals surface area (Å²) in [7, 11) is -7.56. The molecule has 0 radical (unpaired) electrons. The molecule has 0 aliphatic carbocycles. The van der Waals surface area contributed by atoms with Gasteiger partial charge in [-0.2, -0.15) is 43.2 Å². The lowest BCUT2D eigenvalue weighted by Crippen LogP contribution is -2.14. The molecule has 0 N–H and O–H groups in total. The molecule has 47 heavy (non-hydrogen) atoms. The first-order valence-electron chi connectivity index (χ1n) is 16.2. The molecule has 2 rings (SSSR count). The molecule has 14 heteroatoms. The van der Waals surface area contributed by atoms with Crippen LogP contribution in [0.25, 0.3) is 0 Å². The third-order valence-electron chi connectivity index (χ3n) is 7.41. The van der Waals surface area contributed by atoms with Crippen LogP contribution < -0.4 is 8.37 Å². The summed E-state index contributed by atoms with van der Waals surface area (Å²) in [6.07, 6.45) is -1.48. The Balaban J connectivity index is 1.64. The normalized spacial score (nSPS) is 12.7. The first-order chi connectivity index (χ1) is 22.0. The smallest absolute Gasteiger partial charge is 0.382 e. The van der Waals surface area contributed by atoms with Crippen molar-refractivity contribution < 1.29 is 51.5 Å². The first-order valence-corrected chi connectivity index (χ1v) is 19.3. The second-order valence-corrected chi connectivity index (χ2v) is 15.2. The summed E-state index contributed by atoms with van der Waals surface area (Å²) in [6, 6.07) is 13.2. The average molecular weight is 717 g/mol. The molecule has 0 amide bonds. The van der Waals surface area contributed by atoms with E-state index in [0.717, 1.165) is 36.8 Å². The van der Waals surface area contributed by atoms with Gasteiger partial charge < -0.3 is 8.37 Å². The highest BCUT2D eigenvalue weighted by Gasteiger charge is 2.26. The quantitative estimate of drug-likeness (QED) is 0.0611. The van der Waals surface area contributed by atoms with Crippen LogP contribution in [0.4, 0.5) is 26.3 Å². The standard InChI is InChI=1S/C33H46F6O6S2/c34-32(35,36)23-11-7-3-1-5-9-13-25-46(40,41)44-30-19-15-28(16-20-30)27-29-17-21-31(22-18-29)45-47(42,43)26-14-10-6-2-4-8-12-24-33(37,38)39/h15-22H,1-14,23-27H2. The topological polar surface area (TPSA) is 86.7 Å². The Hall–Kier alpha value is -2.48. The minimum Gasteiger partial charge on any atom is -0.382 e. The molecule has 0 aliphatic rings. The van der Waals surface area contributed by atoms with Gasteiger partial charge in [0.25, 0.3) is 0 Å². The van der Waals surface area contributed by atoms with Crippen molar-refractivity contribution in [2.45, 2.75) is 122 Å². The summed E-state index contributed by atoms with van der Waals surface area (Å²) in [5, 5.41) is 0. The minimum absolute atomic E-state index is 0.118. The molecule has 0 atom stereocenters. The van der Waals surface area contributed by atoms with Crippen LogP contribution in [-0.4, -0.2) is 40.7 Å². The number of alkyl halides is 6. The number of benzene rings is 2. The highest BCUT2D eigenvalue weighted by atomic mass is 32.2. The molecule has 0 saturated heterocycles. The molecular formula is C33H46F6O6S2. The molecule has 2 aromatic carbocycles. The monoisotopic (exact) mass is 716 g/mol. The third kappa shape index (κ3) is 21.2. The molecule has 6 nitrogen and oxygen atoms in total. The predicted octanol–water partition coefficient (Wildman–Crippen LogP) is 10.1. The Labute approximate surface area is 275 Å². The fourth-order valence-corrected chi connectivity index (χ4v) is 7.00. The van der Waals surface area contributed by atoms with Gasteiger partial charge in [0, 0.05) is 12.8 Å². The van der Waals surface area contributed by atoms with Crippen molar-refractivity contribution in [2.75, 3.05) is 11.5 Å². The van der Waals surface area contributed by atoms with Gasteiger partial charge in [-0.1, -0.05) is 88.5 Å². The maximum absolute atomic E-state index is 12.3. The van der Waals surface area contributed by atoms with E-state index in [0.29, 0.717) is 57.8 Å². The van der Waals surface area contributed by atoms with Crippen LogP contribution >= 0.6 is 0 Å². The van der Waals surface area contributed by atoms with E-state index in [1.54, 1.807) is 48.5 Å². The Kier molecular flexibility index (Phi) is 17.4. The molecule has 0 heterocycles. The van der Waals surface area contributed by atoms with Crippen LogP contribution in [0.3, 0.4) is 0 Å². The van der Waals surface area contributed by atoms with E-state index in [4.69, 9.17) is 8.37 Å². The SMILES string of the molecule is O=S(=O)(CCCCCCCCCC(F)(F)F)Oc1ccc(Cc2ccc(OS(=O)(=O)CCCCCCCCCC(F)(F)F)cc2)cc1. The van der Waals surface area contributed by atoms with E-state index in [9.17, 15) is 43.2 Å². The van der Waals surface area contributed by atoms with E-state index in [1.807, 2.05) is 0 Å². The van der Waals surface area contributed by atoms with E-state index >= 15 is 0 Å². The van der Waals surface area contributed by atoms with Crippen LogP contribution in [0.1, 0.15) is 114 Å². The van der Waals surface area contributed by atoms with Gasteiger partial charge in [0.1, 0.15) is 11.5 Å². The number of hydrogen-bond donors (Lipinski definition) is 0. The second kappa shape index (κ2) is 20.1. The summed E-state index contributed by atoms with van der Waals surface area (Å²) in [5.74, 6) is 0.0788. The zero-order chi connectivity index (χ0) is 34.8. The Morgan fingerprint density at radius 3 is 1.00 bits per heavy atom. The van der Waals surface area contributed by atoms with Gasteiger partial charge in [-0.15, -0.1) is 0 Å². The van der Waals surface area contributed by atoms with Crippen molar-refractivity contribution in [3.63, 3.8) is 0 Å². The second-order valence-electron chi connectivity index (χ2n) is 11.8. The van der Waals surface area contributed by atoms with Gasteiger partial charge in [0.05, 0.1) is 11.5 Å². The lowest BCUT2D eigenvalue weighted by molar-refractivity contribution is -0.136. The Bertz CT molecular complexity index is 1250. The Morgan fingerprint density at radius 1 is 0.426 bits per heavy atom. The fraction of sp³-hybridized carbons (Fsp3) is 0.636. The summed E-state index contributed by atoms with van der Waals surface area (Å²) in [6.45, 7) is 0. The highest BCUT2D eigenvalue weighted by molar-refractivity contribution is 7.87. The molecule has 0 bridgehead atoms. The molecule has 0 spiro atoms. The van der Waals surface area contributed by atoms with Crippen molar-refractivity contribution >= 4 is 20.2 Å². The number of unbranched alkanes of at least 4 members (excludes halogenated alkanes) is 12. The van der Waals surface area contributed by atoms with Gasteiger partial charge in [0.15, 0.2) is 0 Å².